The molecule has 0 bridgehead atoms. The van der Waals surface area contributed by atoms with Gasteiger partial charge in [-0.15, -0.1) is 0 Å². The summed E-state index contributed by atoms with van der Waals surface area (Å²) in [7, 11) is 2.12. The van der Waals surface area contributed by atoms with Crippen LogP contribution in [0.1, 0.15) is 10.4 Å². The third-order valence-corrected chi connectivity index (χ3v) is 5.42. The molecule has 0 saturated carbocycles. The zero-order chi connectivity index (χ0) is 19.5. The predicted molar refractivity (Wildman–Crippen MR) is 112 cm³/mol. The van der Waals surface area contributed by atoms with Crippen molar-refractivity contribution >= 4 is 27.5 Å². The van der Waals surface area contributed by atoms with Crippen LogP contribution in [0.4, 0.5) is 0 Å². The van der Waals surface area contributed by atoms with Crippen molar-refractivity contribution in [2.24, 2.45) is 0 Å². The molecule has 5 heteroatoms. The lowest BCUT2D eigenvalue weighted by atomic mass is 10.1. The molecular formula is C23H24N2O3. The Morgan fingerprint density at radius 3 is 2.46 bits per heavy atom. The Balaban J connectivity index is 1.50. The minimum absolute atomic E-state index is 0.0226. The minimum Gasteiger partial charge on any atom is -0.461 e. The SMILES string of the molecule is CN1CCN(CCOC(=O)c2ccc3c(=O)c4ccccc4ccc3c2)CC1. The number of carbonyl (C=O) groups excluding carboxylic acids is 1. The van der Waals surface area contributed by atoms with Gasteiger partial charge in [0.25, 0.3) is 0 Å². The van der Waals surface area contributed by atoms with Crippen molar-refractivity contribution in [2.45, 2.75) is 0 Å². The first-order valence-electron chi connectivity index (χ1n) is 9.66. The highest BCUT2D eigenvalue weighted by Gasteiger charge is 2.15. The molecule has 1 heterocycles. The van der Waals surface area contributed by atoms with E-state index in [4.69, 9.17) is 4.74 Å². The second-order valence-corrected chi connectivity index (χ2v) is 7.33. The number of esters is 1. The number of hydrogen-bond acceptors (Lipinski definition) is 5. The number of likely N-dealkylation sites (N-methyl/N-ethyl adjacent to an activating group) is 1. The highest BCUT2D eigenvalue weighted by molar-refractivity contribution is 5.98. The van der Waals surface area contributed by atoms with Gasteiger partial charge in [-0.25, -0.2) is 4.79 Å². The van der Waals surface area contributed by atoms with Gasteiger partial charge in [-0.05, 0) is 36.0 Å². The Hall–Kier alpha value is -2.76. The van der Waals surface area contributed by atoms with Gasteiger partial charge in [-0.1, -0.05) is 36.4 Å². The Morgan fingerprint density at radius 2 is 1.64 bits per heavy atom. The first kappa shape index (κ1) is 18.6. The molecule has 0 aromatic heterocycles. The molecule has 0 atom stereocenters. The number of rotatable bonds is 4. The topological polar surface area (TPSA) is 49.9 Å². The molecule has 0 spiro atoms. The summed E-state index contributed by atoms with van der Waals surface area (Å²) in [6, 6.07) is 16.5. The maximum atomic E-state index is 12.8. The summed E-state index contributed by atoms with van der Waals surface area (Å²) in [5, 5.41) is 2.92. The maximum absolute atomic E-state index is 12.8. The number of benzene rings is 2. The molecule has 0 N–H and O–H groups in total. The van der Waals surface area contributed by atoms with Gasteiger partial charge in [0.2, 0.25) is 0 Å². The van der Waals surface area contributed by atoms with Crippen LogP contribution in [-0.2, 0) is 4.74 Å². The Morgan fingerprint density at radius 1 is 0.929 bits per heavy atom. The second-order valence-electron chi connectivity index (χ2n) is 7.33. The molecule has 144 valence electrons. The van der Waals surface area contributed by atoms with E-state index >= 15 is 0 Å². The normalized spacial score (nSPS) is 15.8. The smallest absolute Gasteiger partial charge is 0.338 e. The van der Waals surface area contributed by atoms with Crippen LogP contribution in [0.3, 0.4) is 0 Å². The first-order valence-corrected chi connectivity index (χ1v) is 9.66. The molecular weight excluding hydrogens is 352 g/mol. The molecule has 1 fully saturated rings. The van der Waals surface area contributed by atoms with Crippen molar-refractivity contribution in [1.82, 2.24) is 9.80 Å². The maximum Gasteiger partial charge on any atom is 0.338 e. The van der Waals surface area contributed by atoms with E-state index in [0.29, 0.717) is 22.9 Å². The summed E-state index contributed by atoms with van der Waals surface area (Å²) in [5.74, 6) is -0.348. The van der Waals surface area contributed by atoms with Crippen LogP contribution >= 0.6 is 0 Å². The largest absolute Gasteiger partial charge is 0.461 e. The van der Waals surface area contributed by atoms with Crippen molar-refractivity contribution in [2.75, 3.05) is 46.4 Å². The van der Waals surface area contributed by atoms with E-state index in [0.717, 1.165) is 43.5 Å². The third kappa shape index (κ3) is 3.91. The molecule has 3 aromatic carbocycles. The van der Waals surface area contributed by atoms with Crippen LogP contribution < -0.4 is 5.43 Å². The summed E-state index contributed by atoms with van der Waals surface area (Å²) in [4.78, 5) is 29.9. The van der Waals surface area contributed by atoms with Crippen LogP contribution in [0.25, 0.3) is 21.5 Å². The van der Waals surface area contributed by atoms with Gasteiger partial charge in [0.05, 0.1) is 5.56 Å². The Labute approximate surface area is 164 Å². The average molecular weight is 376 g/mol. The van der Waals surface area contributed by atoms with Crippen molar-refractivity contribution in [3.8, 4) is 0 Å². The van der Waals surface area contributed by atoms with Crippen molar-refractivity contribution in [1.29, 1.82) is 0 Å². The van der Waals surface area contributed by atoms with Crippen LogP contribution in [0, 0.1) is 0 Å². The van der Waals surface area contributed by atoms with E-state index in [2.05, 4.69) is 16.8 Å². The van der Waals surface area contributed by atoms with Crippen LogP contribution in [0.2, 0.25) is 0 Å². The van der Waals surface area contributed by atoms with E-state index in [1.807, 2.05) is 36.4 Å². The molecule has 0 unspecified atom stereocenters. The van der Waals surface area contributed by atoms with Crippen LogP contribution in [-0.4, -0.2) is 62.1 Å². The van der Waals surface area contributed by atoms with Crippen LogP contribution in [0.5, 0.6) is 0 Å². The van der Waals surface area contributed by atoms with Gasteiger partial charge in [0.15, 0.2) is 5.43 Å². The van der Waals surface area contributed by atoms with E-state index < -0.39 is 0 Å². The summed E-state index contributed by atoms with van der Waals surface area (Å²) in [6.07, 6.45) is 0. The standard InChI is InChI=1S/C23H24N2O3/c1-24-10-12-25(13-11-24)14-15-28-23(27)19-8-9-21-18(16-19)7-6-17-4-2-3-5-20(17)22(21)26/h2-9,16H,10-15H2,1H3. The lowest BCUT2D eigenvalue weighted by molar-refractivity contribution is 0.0432. The molecule has 1 saturated heterocycles. The van der Waals surface area contributed by atoms with Crippen molar-refractivity contribution in [3.05, 3.63) is 70.4 Å². The molecule has 1 aliphatic rings. The Kier molecular flexibility index (Phi) is 5.37. The zero-order valence-electron chi connectivity index (χ0n) is 16.1. The molecule has 5 nitrogen and oxygen atoms in total. The summed E-state index contributed by atoms with van der Waals surface area (Å²) in [5.41, 5.74) is 0.450. The molecule has 4 rings (SSSR count). The second kappa shape index (κ2) is 8.09. The van der Waals surface area contributed by atoms with E-state index in [9.17, 15) is 9.59 Å². The quantitative estimate of drug-likeness (QED) is 0.656. The van der Waals surface area contributed by atoms with Gasteiger partial charge < -0.3 is 9.64 Å². The number of carbonyl (C=O) groups is 1. The average Bonchev–Trinajstić information content (AvgIpc) is 2.86. The molecule has 0 radical (unpaired) electrons. The van der Waals surface area contributed by atoms with E-state index in [-0.39, 0.29) is 11.4 Å². The lowest BCUT2D eigenvalue weighted by Gasteiger charge is -2.32. The number of nitrogens with zero attached hydrogens (tertiary/aromatic N) is 2. The molecule has 1 aliphatic heterocycles. The summed E-state index contributed by atoms with van der Waals surface area (Å²) >= 11 is 0. The van der Waals surface area contributed by atoms with Gasteiger partial charge in [-0.2, -0.15) is 0 Å². The summed E-state index contributed by atoms with van der Waals surface area (Å²) in [6.45, 7) is 5.21. The van der Waals surface area contributed by atoms with E-state index in [1.54, 1.807) is 18.2 Å². The predicted octanol–water partition coefficient (Wildman–Crippen LogP) is 2.76. The van der Waals surface area contributed by atoms with Gasteiger partial charge in [0.1, 0.15) is 6.61 Å². The van der Waals surface area contributed by atoms with Gasteiger partial charge in [0, 0.05) is 43.5 Å². The summed E-state index contributed by atoms with van der Waals surface area (Å²) < 4.78 is 5.47. The fraction of sp³-hybridized carbons (Fsp3) is 0.304. The van der Waals surface area contributed by atoms with E-state index in [1.165, 1.54) is 0 Å². The number of piperazine rings is 1. The zero-order valence-corrected chi connectivity index (χ0v) is 16.1. The first-order chi connectivity index (χ1) is 13.6. The van der Waals surface area contributed by atoms with Gasteiger partial charge in [-0.3, -0.25) is 9.69 Å². The van der Waals surface area contributed by atoms with Gasteiger partial charge >= 0.3 is 5.97 Å². The highest BCUT2D eigenvalue weighted by atomic mass is 16.5. The minimum atomic E-state index is -0.348. The molecule has 28 heavy (non-hydrogen) atoms. The number of hydrogen-bond donors (Lipinski definition) is 0. The van der Waals surface area contributed by atoms with Crippen molar-refractivity contribution < 1.29 is 9.53 Å². The van der Waals surface area contributed by atoms with Crippen LogP contribution in [0.15, 0.2) is 59.4 Å². The monoisotopic (exact) mass is 376 g/mol. The molecule has 0 aliphatic carbocycles. The number of fused-ring (bicyclic) bond motifs is 2. The number of ether oxygens (including phenoxy) is 1. The lowest BCUT2D eigenvalue weighted by Crippen LogP contribution is -2.45. The van der Waals surface area contributed by atoms with Crippen molar-refractivity contribution in [3.63, 3.8) is 0 Å². The fourth-order valence-corrected chi connectivity index (χ4v) is 3.63. The molecule has 0 amide bonds. The fourth-order valence-electron chi connectivity index (χ4n) is 3.63. The Bertz CT molecular complexity index is 1070. The molecule has 3 aromatic rings. The highest BCUT2D eigenvalue weighted by Crippen LogP contribution is 2.17. The third-order valence-electron chi connectivity index (χ3n) is 5.42.